The number of halogens is 2. The lowest BCUT2D eigenvalue weighted by Gasteiger charge is -2.34. The molecule has 5 rings (SSSR count). The van der Waals surface area contributed by atoms with Crippen LogP contribution in [0.3, 0.4) is 0 Å². The number of amidine groups is 1. The van der Waals surface area contributed by atoms with E-state index in [0.717, 1.165) is 0 Å². The van der Waals surface area contributed by atoms with Crippen LogP contribution in [0.25, 0.3) is 0 Å². The first-order valence-corrected chi connectivity index (χ1v) is 13.3. The molecule has 38 heavy (non-hydrogen) atoms. The minimum absolute atomic E-state index is 0.0515. The van der Waals surface area contributed by atoms with E-state index in [0.29, 0.717) is 53.7 Å². The Morgan fingerprint density at radius 2 is 1.97 bits per heavy atom. The monoisotopic (exact) mass is 558 g/mol. The van der Waals surface area contributed by atoms with Gasteiger partial charge in [-0.15, -0.1) is 11.3 Å². The van der Waals surface area contributed by atoms with Crippen LogP contribution in [0.15, 0.2) is 50.5 Å². The molecule has 1 saturated carbocycles. The normalized spacial score (nSPS) is 21.6. The van der Waals surface area contributed by atoms with Gasteiger partial charge >= 0.3 is 11.9 Å². The zero-order valence-electron chi connectivity index (χ0n) is 20.5. The number of nitrogens with one attached hydrogen (secondary N) is 1. The van der Waals surface area contributed by atoms with E-state index in [1.165, 1.54) is 30.6 Å². The molecule has 2 N–H and O–H groups in total. The number of rotatable bonds is 6. The van der Waals surface area contributed by atoms with E-state index in [4.69, 9.17) is 25.7 Å². The summed E-state index contributed by atoms with van der Waals surface area (Å²) in [6, 6.07) is 3.53. The highest BCUT2D eigenvalue weighted by atomic mass is 35.5. The highest BCUT2D eigenvalue weighted by Gasteiger charge is 2.38. The summed E-state index contributed by atoms with van der Waals surface area (Å²) in [5.41, 5.74) is 1.18. The highest BCUT2D eigenvalue weighted by Crippen LogP contribution is 2.44. The number of carboxylic acids is 1. The molecule has 1 atom stereocenters. The number of esters is 1. The van der Waals surface area contributed by atoms with E-state index in [9.17, 15) is 19.1 Å². The van der Waals surface area contributed by atoms with Gasteiger partial charge in [0.05, 0.1) is 17.7 Å². The van der Waals surface area contributed by atoms with Crippen LogP contribution in [0.4, 0.5) is 4.39 Å². The van der Waals surface area contributed by atoms with Crippen molar-refractivity contribution in [2.45, 2.75) is 44.6 Å². The summed E-state index contributed by atoms with van der Waals surface area (Å²) in [6.45, 7) is 1.59. The van der Waals surface area contributed by atoms with Crippen molar-refractivity contribution in [2.24, 2.45) is 10.9 Å². The van der Waals surface area contributed by atoms with Gasteiger partial charge in [0.1, 0.15) is 17.6 Å². The Bertz CT molecular complexity index is 1440. The average Bonchev–Trinajstić information content (AvgIpc) is 3.59. The number of ether oxygens (including phenoxy) is 1. The molecule has 9 nitrogen and oxygen atoms in total. The minimum Gasteiger partial charge on any atom is -0.476 e. The van der Waals surface area contributed by atoms with Gasteiger partial charge in [-0.3, -0.25) is 4.99 Å². The van der Waals surface area contributed by atoms with E-state index in [1.807, 2.05) is 5.38 Å². The molecule has 3 aromatic rings. The number of carboxylic acid groups (broad SMARTS) is 1. The maximum absolute atomic E-state index is 14.5. The van der Waals surface area contributed by atoms with Gasteiger partial charge < -0.3 is 19.6 Å². The van der Waals surface area contributed by atoms with Crippen LogP contribution >= 0.6 is 22.9 Å². The SMILES string of the molecule is COC(=O)C1=C(C2CCC(c3nc(C(=O)O)c(C)o3)CC2)NC(c2nccs2)=NC1c1cccc(F)c1Cl. The van der Waals surface area contributed by atoms with Crippen LogP contribution < -0.4 is 5.32 Å². The van der Waals surface area contributed by atoms with Crippen molar-refractivity contribution in [2.75, 3.05) is 7.11 Å². The molecule has 12 heteroatoms. The molecule has 1 aliphatic carbocycles. The van der Waals surface area contributed by atoms with Crippen LogP contribution in [0.1, 0.15) is 70.4 Å². The van der Waals surface area contributed by atoms with Crippen molar-refractivity contribution in [1.82, 2.24) is 15.3 Å². The largest absolute Gasteiger partial charge is 0.476 e. The summed E-state index contributed by atoms with van der Waals surface area (Å²) < 4.78 is 25.3. The first-order valence-electron chi connectivity index (χ1n) is 12.0. The molecule has 1 aromatic carbocycles. The zero-order valence-corrected chi connectivity index (χ0v) is 22.1. The first kappa shape index (κ1) is 26.1. The summed E-state index contributed by atoms with van der Waals surface area (Å²) in [4.78, 5) is 37.9. The number of oxazole rings is 1. The van der Waals surface area contributed by atoms with Gasteiger partial charge in [0.15, 0.2) is 22.4 Å². The fourth-order valence-corrected chi connectivity index (χ4v) is 5.86. The third kappa shape index (κ3) is 4.83. The second-order valence-corrected chi connectivity index (χ2v) is 10.4. The number of aryl methyl sites for hydroxylation is 1. The Labute approximate surface area is 226 Å². The van der Waals surface area contributed by atoms with Crippen molar-refractivity contribution in [3.8, 4) is 0 Å². The van der Waals surface area contributed by atoms with Gasteiger partial charge in [-0.05, 0) is 44.6 Å². The third-order valence-electron chi connectivity index (χ3n) is 6.89. The van der Waals surface area contributed by atoms with Gasteiger partial charge in [-0.2, -0.15) is 0 Å². The fourth-order valence-electron chi connectivity index (χ4n) is 5.05. The maximum Gasteiger partial charge on any atom is 0.358 e. The van der Waals surface area contributed by atoms with Gasteiger partial charge in [-0.25, -0.2) is 23.9 Å². The van der Waals surface area contributed by atoms with E-state index in [1.54, 1.807) is 19.2 Å². The number of aromatic nitrogens is 2. The number of carbonyl (C=O) groups excluding carboxylic acids is 1. The van der Waals surface area contributed by atoms with Gasteiger partial charge in [0, 0.05) is 28.8 Å². The van der Waals surface area contributed by atoms with Crippen LogP contribution in [0.2, 0.25) is 5.02 Å². The summed E-state index contributed by atoms with van der Waals surface area (Å²) in [7, 11) is 1.29. The molecule has 1 unspecified atom stereocenters. The Kier molecular flexibility index (Phi) is 7.31. The number of allylic oxidation sites excluding steroid dienone is 1. The zero-order chi connectivity index (χ0) is 27.0. The van der Waals surface area contributed by atoms with Crippen LogP contribution in [-0.4, -0.2) is 40.0 Å². The molecular formula is C26H24ClFN4O5S. The number of thiazole rings is 1. The summed E-state index contributed by atoms with van der Waals surface area (Å²) in [6.07, 6.45) is 4.30. The molecule has 0 amide bonds. The lowest BCUT2D eigenvalue weighted by atomic mass is 9.78. The number of carbonyl (C=O) groups is 2. The van der Waals surface area contributed by atoms with Crippen molar-refractivity contribution >= 4 is 40.7 Å². The second-order valence-electron chi connectivity index (χ2n) is 9.12. The van der Waals surface area contributed by atoms with Crippen molar-refractivity contribution in [1.29, 1.82) is 0 Å². The Morgan fingerprint density at radius 3 is 2.61 bits per heavy atom. The van der Waals surface area contributed by atoms with Crippen molar-refractivity contribution in [3.63, 3.8) is 0 Å². The molecule has 2 aromatic heterocycles. The summed E-state index contributed by atoms with van der Waals surface area (Å²) >= 11 is 7.74. The third-order valence-corrected chi connectivity index (χ3v) is 8.07. The number of benzene rings is 1. The van der Waals surface area contributed by atoms with Crippen LogP contribution in [-0.2, 0) is 9.53 Å². The molecule has 0 radical (unpaired) electrons. The average molecular weight is 559 g/mol. The Hall–Kier alpha value is -3.57. The minimum atomic E-state index is -1.12. The lowest BCUT2D eigenvalue weighted by molar-refractivity contribution is -0.136. The molecule has 198 valence electrons. The Morgan fingerprint density at radius 1 is 1.24 bits per heavy atom. The first-order chi connectivity index (χ1) is 18.3. The molecule has 3 heterocycles. The van der Waals surface area contributed by atoms with Gasteiger partial charge in [0.25, 0.3) is 0 Å². The maximum atomic E-state index is 14.5. The summed E-state index contributed by atoms with van der Waals surface area (Å²) in [5, 5.41) is 15.0. The van der Waals surface area contributed by atoms with Gasteiger partial charge in [0.2, 0.25) is 0 Å². The molecule has 1 fully saturated rings. The number of aliphatic imine (C=N–C) groups is 1. The lowest BCUT2D eigenvalue weighted by Crippen LogP contribution is -2.37. The van der Waals surface area contributed by atoms with E-state index < -0.39 is 23.8 Å². The highest BCUT2D eigenvalue weighted by molar-refractivity contribution is 7.11. The van der Waals surface area contributed by atoms with E-state index in [2.05, 4.69) is 15.3 Å². The second kappa shape index (κ2) is 10.7. The van der Waals surface area contributed by atoms with E-state index in [-0.39, 0.29) is 33.9 Å². The molecule has 0 bridgehead atoms. The predicted octanol–water partition coefficient (Wildman–Crippen LogP) is 5.42. The quantitative estimate of drug-likeness (QED) is 0.384. The van der Waals surface area contributed by atoms with Crippen molar-refractivity contribution in [3.05, 3.63) is 79.8 Å². The fraction of sp³-hybridized carbons (Fsp3) is 0.346. The predicted molar refractivity (Wildman–Crippen MR) is 138 cm³/mol. The van der Waals surface area contributed by atoms with Gasteiger partial charge in [-0.1, -0.05) is 23.7 Å². The van der Waals surface area contributed by atoms with E-state index >= 15 is 0 Å². The number of nitrogens with zero attached hydrogens (tertiary/aromatic N) is 3. The molecule has 0 saturated heterocycles. The summed E-state index contributed by atoms with van der Waals surface area (Å²) in [5.74, 6) is -1.31. The molecule has 2 aliphatic rings. The number of hydrogen-bond acceptors (Lipinski definition) is 9. The number of methoxy groups -OCH3 is 1. The number of aromatic carboxylic acids is 1. The molecule has 1 aliphatic heterocycles. The van der Waals surface area contributed by atoms with Crippen LogP contribution in [0.5, 0.6) is 0 Å². The molecule has 0 spiro atoms. The van der Waals surface area contributed by atoms with Crippen molar-refractivity contribution < 1.29 is 28.2 Å². The molecular weight excluding hydrogens is 535 g/mol. The number of hydrogen-bond donors (Lipinski definition) is 2. The smallest absolute Gasteiger partial charge is 0.358 e. The Balaban J connectivity index is 1.52. The standard InChI is InChI=1S/C26H24ClFN4O5S/c1-12-19(25(33)34)32-23(37-12)14-8-6-13(7-9-14)20-17(26(35)36-2)21(15-4-3-5-16(28)18(15)27)31-22(30-20)24-29-10-11-38-24/h3-5,10-11,13-14,21H,6-9H2,1-2H3,(H,30,31)(H,33,34). The topological polar surface area (TPSA) is 127 Å². The van der Waals surface area contributed by atoms with Crippen LogP contribution in [0, 0.1) is 18.7 Å².